The summed E-state index contributed by atoms with van der Waals surface area (Å²) in [5.41, 5.74) is 4.52. The molecule has 0 spiro atoms. The van der Waals surface area contributed by atoms with Gasteiger partial charge in [-0.25, -0.2) is 0 Å². The van der Waals surface area contributed by atoms with E-state index in [1.54, 1.807) is 60.7 Å². The summed E-state index contributed by atoms with van der Waals surface area (Å²) in [6, 6.07) is 35.4. The lowest BCUT2D eigenvalue weighted by Crippen LogP contribution is -2.30. The molecule has 50 heavy (non-hydrogen) atoms. The Balaban J connectivity index is 1.12. The quantitative estimate of drug-likeness (QED) is 0.0891. The van der Waals surface area contributed by atoms with E-state index in [1.165, 1.54) is 31.5 Å². The molecule has 6 rings (SSSR count). The summed E-state index contributed by atoms with van der Waals surface area (Å²) in [5.74, 6) is 0.0246. The fraction of sp³-hybridized carbons (Fsp3) is 0.125. The Morgan fingerprint density at radius 3 is 2.20 bits per heavy atom. The smallest absolute Gasteiger partial charge is 0.272 e. The Hall–Kier alpha value is -6.00. The zero-order valence-corrected chi connectivity index (χ0v) is 28.7. The maximum Gasteiger partial charge on any atom is 0.272 e. The highest BCUT2D eigenvalue weighted by Crippen LogP contribution is 2.33. The number of nitrogens with zero attached hydrogens (tertiary/aromatic N) is 1. The zero-order valence-electron chi connectivity index (χ0n) is 27.9. The average Bonchev–Trinajstić information content (AvgIpc) is 3.47. The van der Waals surface area contributed by atoms with Gasteiger partial charge in [-0.2, -0.15) is 0 Å². The van der Waals surface area contributed by atoms with Crippen LogP contribution >= 0.6 is 11.8 Å². The van der Waals surface area contributed by atoms with Crippen molar-refractivity contribution in [3.8, 4) is 11.5 Å². The van der Waals surface area contributed by atoms with Gasteiger partial charge in [0.05, 0.1) is 20.0 Å². The molecule has 3 amide bonds. The standard InChI is InChI=1S/C40H36N4O5S/c1-4-44-34-15-9-8-14-31(34)32-24-29(19-22-35(32)44)41-37(45)25-50-30-20-17-28(18-21-30)42-40(47)33(43-39(46)26-11-6-5-7-12-26)23-27-13-10-16-36(48-2)38(27)49-3/h5-24H,4,25H2,1-3H3,(H,41,45)(H,42,47)(H,43,46)/b33-23-. The zero-order chi connectivity index (χ0) is 35.0. The highest BCUT2D eigenvalue weighted by Gasteiger charge is 2.18. The van der Waals surface area contributed by atoms with E-state index in [0.717, 1.165) is 33.4 Å². The van der Waals surface area contributed by atoms with Gasteiger partial charge in [0.1, 0.15) is 5.70 Å². The summed E-state index contributed by atoms with van der Waals surface area (Å²) >= 11 is 1.39. The van der Waals surface area contributed by atoms with Crippen LogP contribution in [0, 0.1) is 0 Å². The van der Waals surface area contributed by atoms with Crippen LogP contribution in [0.5, 0.6) is 11.5 Å². The summed E-state index contributed by atoms with van der Waals surface area (Å²) in [7, 11) is 3.03. The number of amides is 3. The molecule has 6 aromatic rings. The second kappa shape index (κ2) is 15.5. The van der Waals surface area contributed by atoms with E-state index in [0.29, 0.717) is 28.3 Å². The number of aromatic nitrogens is 1. The SMILES string of the molecule is CCn1c2ccccc2c2cc(NC(=O)CSc3ccc(NC(=O)/C(=C/c4cccc(OC)c4OC)NC(=O)c4ccccc4)cc3)ccc21. The van der Waals surface area contributed by atoms with Crippen LogP contribution in [-0.4, -0.2) is 42.3 Å². The number of thioether (sulfide) groups is 1. The number of hydrogen-bond donors (Lipinski definition) is 3. The summed E-state index contributed by atoms with van der Waals surface area (Å²) in [5, 5.41) is 10.9. The highest BCUT2D eigenvalue weighted by atomic mass is 32.2. The third-order valence-corrected chi connectivity index (χ3v) is 9.13. The molecule has 0 saturated carbocycles. The number of anilines is 2. The Kier molecular flexibility index (Phi) is 10.5. The minimum Gasteiger partial charge on any atom is -0.493 e. The number of benzene rings is 5. The number of rotatable bonds is 12. The van der Waals surface area contributed by atoms with Crippen LogP contribution in [-0.2, 0) is 16.1 Å². The van der Waals surface area contributed by atoms with Crippen molar-refractivity contribution >= 4 is 68.7 Å². The van der Waals surface area contributed by atoms with Crippen LogP contribution < -0.4 is 25.4 Å². The van der Waals surface area contributed by atoms with Crippen LogP contribution in [0.25, 0.3) is 27.9 Å². The van der Waals surface area contributed by atoms with Crippen molar-refractivity contribution in [3.05, 3.63) is 132 Å². The first-order chi connectivity index (χ1) is 24.4. The third kappa shape index (κ3) is 7.50. The van der Waals surface area contributed by atoms with Gasteiger partial charge in [0.25, 0.3) is 11.8 Å². The van der Waals surface area contributed by atoms with Crippen molar-refractivity contribution in [2.75, 3.05) is 30.6 Å². The third-order valence-electron chi connectivity index (χ3n) is 8.12. The van der Waals surface area contributed by atoms with Gasteiger partial charge in [-0.1, -0.05) is 48.5 Å². The number of methoxy groups -OCH3 is 2. The topological polar surface area (TPSA) is 111 Å². The predicted octanol–water partition coefficient (Wildman–Crippen LogP) is 7.97. The number of hydrogen-bond acceptors (Lipinski definition) is 6. The molecule has 5 aromatic carbocycles. The van der Waals surface area contributed by atoms with Crippen molar-refractivity contribution in [3.63, 3.8) is 0 Å². The Bertz CT molecular complexity index is 2210. The van der Waals surface area contributed by atoms with Gasteiger partial charge in [-0.05, 0) is 79.7 Å². The first-order valence-corrected chi connectivity index (χ1v) is 17.0. The largest absolute Gasteiger partial charge is 0.493 e. The van der Waals surface area contributed by atoms with Crippen LogP contribution in [0.1, 0.15) is 22.8 Å². The fourth-order valence-corrected chi connectivity index (χ4v) is 6.47. The number of carbonyl (C=O) groups is 3. The van der Waals surface area contributed by atoms with Crippen molar-refractivity contribution in [1.29, 1.82) is 0 Å². The molecule has 0 atom stereocenters. The van der Waals surface area contributed by atoms with Crippen LogP contribution in [0.3, 0.4) is 0 Å². The van der Waals surface area contributed by atoms with Crippen molar-refractivity contribution < 1.29 is 23.9 Å². The molecule has 0 fully saturated rings. The number of aryl methyl sites for hydroxylation is 1. The maximum atomic E-state index is 13.6. The molecule has 0 aliphatic rings. The van der Waals surface area contributed by atoms with Gasteiger partial charge in [-0.3, -0.25) is 14.4 Å². The van der Waals surface area contributed by atoms with Gasteiger partial charge >= 0.3 is 0 Å². The fourth-order valence-electron chi connectivity index (χ4n) is 5.77. The van der Waals surface area contributed by atoms with E-state index in [-0.39, 0.29) is 17.4 Å². The average molecular weight is 685 g/mol. The molecule has 252 valence electrons. The molecule has 0 aliphatic carbocycles. The monoisotopic (exact) mass is 684 g/mol. The number of ether oxygens (including phenoxy) is 2. The normalized spacial score (nSPS) is 11.3. The molecule has 1 aromatic heterocycles. The summed E-state index contributed by atoms with van der Waals surface area (Å²) in [6.45, 7) is 2.98. The molecular formula is C40H36N4O5S. The molecule has 9 nitrogen and oxygen atoms in total. The number of para-hydroxylation sites is 2. The number of fused-ring (bicyclic) bond motifs is 3. The lowest BCUT2D eigenvalue weighted by molar-refractivity contribution is -0.114. The second-order valence-electron chi connectivity index (χ2n) is 11.3. The molecule has 0 radical (unpaired) electrons. The minimum atomic E-state index is -0.530. The highest BCUT2D eigenvalue weighted by molar-refractivity contribution is 8.00. The van der Waals surface area contributed by atoms with Crippen LogP contribution in [0.4, 0.5) is 11.4 Å². The first kappa shape index (κ1) is 33.9. The molecule has 10 heteroatoms. The Labute approximate surface area is 294 Å². The van der Waals surface area contributed by atoms with Crippen LogP contribution in [0.15, 0.2) is 126 Å². The van der Waals surface area contributed by atoms with Gasteiger partial charge in [0.15, 0.2) is 11.5 Å². The predicted molar refractivity (Wildman–Crippen MR) is 201 cm³/mol. The molecule has 3 N–H and O–H groups in total. The lowest BCUT2D eigenvalue weighted by Gasteiger charge is -2.14. The molecule has 0 aliphatic heterocycles. The lowest BCUT2D eigenvalue weighted by atomic mass is 10.1. The van der Waals surface area contributed by atoms with E-state index >= 15 is 0 Å². The minimum absolute atomic E-state index is 0.0120. The van der Waals surface area contributed by atoms with E-state index in [4.69, 9.17) is 9.47 Å². The Morgan fingerprint density at radius 1 is 0.740 bits per heavy atom. The van der Waals surface area contributed by atoms with E-state index in [9.17, 15) is 14.4 Å². The summed E-state index contributed by atoms with van der Waals surface area (Å²) in [6.07, 6.45) is 1.54. The molecule has 0 unspecified atom stereocenters. The number of nitrogens with one attached hydrogen (secondary N) is 3. The number of carbonyl (C=O) groups excluding carboxylic acids is 3. The van der Waals surface area contributed by atoms with Gasteiger partial charge in [0, 0.05) is 55.7 Å². The molecule has 0 saturated heterocycles. The second-order valence-corrected chi connectivity index (χ2v) is 12.3. The maximum absolute atomic E-state index is 13.6. The van der Waals surface area contributed by atoms with Crippen LogP contribution in [0.2, 0.25) is 0 Å². The molecular weight excluding hydrogens is 649 g/mol. The van der Waals surface area contributed by atoms with Crippen molar-refractivity contribution in [1.82, 2.24) is 9.88 Å². The first-order valence-electron chi connectivity index (χ1n) is 16.0. The molecule has 0 bridgehead atoms. The van der Waals surface area contributed by atoms with E-state index < -0.39 is 11.8 Å². The molecule has 1 heterocycles. The van der Waals surface area contributed by atoms with Gasteiger partial charge in [-0.15, -0.1) is 11.8 Å². The summed E-state index contributed by atoms with van der Waals surface area (Å²) < 4.78 is 13.2. The Morgan fingerprint density at radius 2 is 1.46 bits per heavy atom. The summed E-state index contributed by atoms with van der Waals surface area (Å²) in [4.78, 5) is 40.4. The van der Waals surface area contributed by atoms with E-state index in [2.05, 4.69) is 45.6 Å². The van der Waals surface area contributed by atoms with E-state index in [1.807, 2.05) is 42.5 Å². The van der Waals surface area contributed by atoms with Gasteiger partial charge in [0.2, 0.25) is 5.91 Å². The van der Waals surface area contributed by atoms with Crippen molar-refractivity contribution in [2.45, 2.75) is 18.4 Å². The van der Waals surface area contributed by atoms with Gasteiger partial charge < -0.3 is 30.0 Å². The van der Waals surface area contributed by atoms with Crippen molar-refractivity contribution in [2.24, 2.45) is 0 Å².